The van der Waals surface area contributed by atoms with Gasteiger partial charge in [-0.25, -0.2) is 9.37 Å². The van der Waals surface area contributed by atoms with Crippen LogP contribution in [-0.2, 0) is 19.6 Å². The zero-order valence-corrected chi connectivity index (χ0v) is 15.9. The molecule has 0 bridgehead atoms. The maximum absolute atomic E-state index is 13.6. The number of aromatic nitrogens is 3. The van der Waals surface area contributed by atoms with Crippen LogP contribution in [0.4, 0.5) is 4.39 Å². The molecule has 0 radical (unpaired) electrons. The van der Waals surface area contributed by atoms with E-state index in [0.717, 1.165) is 25.1 Å². The highest BCUT2D eigenvalue weighted by Crippen LogP contribution is 2.15. The Morgan fingerprint density at radius 2 is 1.93 bits per heavy atom. The molecule has 0 atom stereocenters. The molecule has 0 amide bonds. The maximum Gasteiger partial charge on any atom is 0.197 e. The Morgan fingerprint density at radius 1 is 1.07 bits per heavy atom. The third-order valence-electron chi connectivity index (χ3n) is 4.81. The first kappa shape index (κ1) is 19.0. The smallest absolute Gasteiger partial charge is 0.197 e. The number of benzene rings is 1. The molecule has 4 rings (SSSR count). The molecule has 0 spiro atoms. The van der Waals surface area contributed by atoms with Crippen LogP contribution in [0.1, 0.15) is 17.5 Å². The summed E-state index contributed by atoms with van der Waals surface area (Å²) in [7, 11) is 0. The second kappa shape index (κ2) is 8.79. The molecule has 6 nitrogen and oxygen atoms in total. The summed E-state index contributed by atoms with van der Waals surface area (Å²) in [5, 5.41) is 0.268. The monoisotopic (exact) mass is 392 g/mol. The first-order chi connectivity index (χ1) is 14.2. The zero-order valence-electron chi connectivity index (χ0n) is 15.9. The van der Waals surface area contributed by atoms with Gasteiger partial charge in [0.25, 0.3) is 0 Å². The number of aryl methyl sites for hydroxylation is 1. The van der Waals surface area contributed by atoms with Gasteiger partial charge in [-0.2, -0.15) is 0 Å². The van der Waals surface area contributed by atoms with E-state index < -0.39 is 5.82 Å². The number of imidazole rings is 1. The molecule has 3 heterocycles. The van der Waals surface area contributed by atoms with Crippen LogP contribution in [0.2, 0.25) is 0 Å². The van der Waals surface area contributed by atoms with Crippen LogP contribution < -0.4 is 5.43 Å². The standard InChI is InChI=1S/C22H21FN4O2/c23-19-2-3-21-20(12-19)22(28)18(15-29-21)14-27(13-17-4-6-24-7-5-17)10-1-9-26-11-8-25-16-26/h2-8,11-12,15-16H,1,9-10,13-14H2. The Hall–Kier alpha value is -3.32. The summed E-state index contributed by atoms with van der Waals surface area (Å²) >= 11 is 0. The van der Waals surface area contributed by atoms with Crippen LogP contribution in [0.3, 0.4) is 0 Å². The van der Waals surface area contributed by atoms with Crippen molar-refractivity contribution < 1.29 is 8.81 Å². The Balaban J connectivity index is 1.54. The first-order valence-electron chi connectivity index (χ1n) is 9.46. The summed E-state index contributed by atoms with van der Waals surface area (Å²) in [4.78, 5) is 23.2. The Morgan fingerprint density at radius 3 is 2.72 bits per heavy atom. The van der Waals surface area contributed by atoms with Crippen molar-refractivity contribution in [3.63, 3.8) is 0 Å². The quantitative estimate of drug-likeness (QED) is 0.458. The average Bonchev–Trinajstić information content (AvgIpc) is 3.25. The lowest BCUT2D eigenvalue weighted by molar-refractivity contribution is 0.246. The lowest BCUT2D eigenvalue weighted by atomic mass is 10.1. The number of nitrogens with zero attached hydrogens (tertiary/aromatic N) is 4. The van der Waals surface area contributed by atoms with Crippen molar-refractivity contribution in [3.8, 4) is 0 Å². The van der Waals surface area contributed by atoms with E-state index in [-0.39, 0.29) is 10.8 Å². The van der Waals surface area contributed by atoms with Gasteiger partial charge in [-0.15, -0.1) is 0 Å². The summed E-state index contributed by atoms with van der Waals surface area (Å²) in [6.45, 7) is 2.71. The molecule has 0 unspecified atom stereocenters. The van der Waals surface area contributed by atoms with E-state index in [2.05, 4.69) is 14.9 Å². The summed E-state index contributed by atoms with van der Waals surface area (Å²) in [6, 6.07) is 7.92. The molecule has 0 fully saturated rings. The normalized spacial score (nSPS) is 11.4. The molecule has 1 aromatic carbocycles. The molecule has 148 valence electrons. The molecule has 0 N–H and O–H groups in total. The topological polar surface area (TPSA) is 64.2 Å². The molecule has 3 aromatic heterocycles. The van der Waals surface area contributed by atoms with E-state index in [0.29, 0.717) is 24.2 Å². The third-order valence-corrected chi connectivity index (χ3v) is 4.81. The number of pyridine rings is 1. The van der Waals surface area contributed by atoms with Crippen LogP contribution >= 0.6 is 0 Å². The SMILES string of the molecule is O=c1c(CN(CCCn2ccnc2)Cc2ccncc2)coc2ccc(F)cc12. The molecule has 0 aliphatic heterocycles. The van der Waals surface area contributed by atoms with Crippen LogP contribution in [0.25, 0.3) is 11.0 Å². The first-order valence-corrected chi connectivity index (χ1v) is 9.46. The highest BCUT2D eigenvalue weighted by molar-refractivity contribution is 5.76. The van der Waals surface area contributed by atoms with Gasteiger partial charge in [0.2, 0.25) is 0 Å². The van der Waals surface area contributed by atoms with Gasteiger partial charge in [0.05, 0.1) is 18.0 Å². The summed E-state index contributed by atoms with van der Waals surface area (Å²) in [5.41, 5.74) is 1.82. The van der Waals surface area contributed by atoms with Crippen LogP contribution in [0.5, 0.6) is 0 Å². The van der Waals surface area contributed by atoms with Crippen molar-refractivity contribution in [3.05, 3.63) is 94.9 Å². The van der Waals surface area contributed by atoms with Crippen molar-refractivity contribution in [2.45, 2.75) is 26.1 Å². The fourth-order valence-electron chi connectivity index (χ4n) is 3.35. The minimum Gasteiger partial charge on any atom is -0.464 e. The van der Waals surface area contributed by atoms with Crippen LogP contribution in [0, 0.1) is 5.82 Å². The predicted octanol–water partition coefficient (Wildman–Crippen LogP) is 3.62. The van der Waals surface area contributed by atoms with Crippen molar-refractivity contribution in [2.75, 3.05) is 6.54 Å². The average molecular weight is 392 g/mol. The van der Waals surface area contributed by atoms with Crippen molar-refractivity contribution >= 4 is 11.0 Å². The number of rotatable bonds is 8. The van der Waals surface area contributed by atoms with E-state index in [1.165, 1.54) is 24.5 Å². The van der Waals surface area contributed by atoms with Crippen molar-refractivity contribution in [2.24, 2.45) is 0 Å². The van der Waals surface area contributed by atoms with Crippen LogP contribution in [-0.4, -0.2) is 26.0 Å². The number of halogens is 1. The zero-order chi connectivity index (χ0) is 20.1. The van der Waals surface area contributed by atoms with Gasteiger partial charge in [-0.1, -0.05) is 0 Å². The molecular formula is C22H21FN4O2. The summed E-state index contributed by atoms with van der Waals surface area (Å²) < 4.78 is 21.2. The minimum absolute atomic E-state index is 0.194. The van der Waals surface area contributed by atoms with Gasteiger partial charge in [-0.05, 0) is 42.3 Å². The fraction of sp³-hybridized carbons (Fsp3) is 0.227. The highest BCUT2D eigenvalue weighted by atomic mass is 19.1. The lowest BCUT2D eigenvalue weighted by Gasteiger charge is -2.22. The molecule has 0 aliphatic carbocycles. The second-order valence-corrected chi connectivity index (χ2v) is 6.95. The van der Waals surface area contributed by atoms with Gasteiger partial charge in [0.15, 0.2) is 5.43 Å². The predicted molar refractivity (Wildman–Crippen MR) is 108 cm³/mol. The number of hydrogen-bond donors (Lipinski definition) is 0. The second-order valence-electron chi connectivity index (χ2n) is 6.95. The Bertz CT molecular complexity index is 1130. The number of hydrogen-bond acceptors (Lipinski definition) is 5. The van der Waals surface area contributed by atoms with E-state index >= 15 is 0 Å². The van der Waals surface area contributed by atoms with Gasteiger partial charge >= 0.3 is 0 Å². The summed E-state index contributed by atoms with van der Waals surface area (Å²) in [6.07, 6.45) is 11.4. The molecule has 4 aromatic rings. The number of fused-ring (bicyclic) bond motifs is 1. The third kappa shape index (κ3) is 4.75. The summed E-state index contributed by atoms with van der Waals surface area (Å²) in [5.74, 6) is -0.448. The van der Waals surface area contributed by atoms with Crippen molar-refractivity contribution in [1.82, 2.24) is 19.4 Å². The molecule has 0 aliphatic rings. The van der Waals surface area contributed by atoms with Crippen LogP contribution in [0.15, 0.2) is 76.9 Å². The van der Waals surface area contributed by atoms with E-state index in [1.54, 1.807) is 24.9 Å². The molecule has 29 heavy (non-hydrogen) atoms. The Labute approximate surface area is 167 Å². The molecule has 0 saturated heterocycles. The van der Waals surface area contributed by atoms with E-state index in [4.69, 9.17) is 4.42 Å². The largest absolute Gasteiger partial charge is 0.464 e. The van der Waals surface area contributed by atoms with Gasteiger partial charge < -0.3 is 8.98 Å². The van der Waals surface area contributed by atoms with Gasteiger partial charge in [-0.3, -0.25) is 14.7 Å². The molecule has 0 saturated carbocycles. The molecular weight excluding hydrogens is 371 g/mol. The fourth-order valence-corrected chi connectivity index (χ4v) is 3.35. The minimum atomic E-state index is -0.448. The van der Waals surface area contributed by atoms with Gasteiger partial charge in [0.1, 0.15) is 11.4 Å². The molecule has 7 heteroatoms. The Kier molecular flexibility index (Phi) is 5.76. The van der Waals surface area contributed by atoms with E-state index in [1.807, 2.05) is 22.9 Å². The maximum atomic E-state index is 13.6. The van der Waals surface area contributed by atoms with Crippen molar-refractivity contribution in [1.29, 1.82) is 0 Å². The van der Waals surface area contributed by atoms with E-state index in [9.17, 15) is 9.18 Å². The van der Waals surface area contributed by atoms with Gasteiger partial charge in [0, 0.05) is 56.5 Å². The lowest BCUT2D eigenvalue weighted by Crippen LogP contribution is -2.27. The highest BCUT2D eigenvalue weighted by Gasteiger charge is 2.13.